The largest absolute Gasteiger partial charge is 0.388 e. The van der Waals surface area contributed by atoms with E-state index in [1.54, 1.807) is 0 Å². The lowest BCUT2D eigenvalue weighted by Crippen LogP contribution is -2.42. The van der Waals surface area contributed by atoms with E-state index in [0.717, 1.165) is 18.9 Å². The van der Waals surface area contributed by atoms with Crippen LogP contribution in [0.4, 0.5) is 20.4 Å². The number of anilines is 2. The van der Waals surface area contributed by atoms with E-state index in [1.807, 2.05) is 0 Å². The van der Waals surface area contributed by atoms with Crippen molar-refractivity contribution in [2.24, 2.45) is 5.41 Å². The van der Waals surface area contributed by atoms with Gasteiger partial charge in [-0.25, -0.2) is 13.8 Å². The summed E-state index contributed by atoms with van der Waals surface area (Å²) in [6, 6.07) is 0.787. The van der Waals surface area contributed by atoms with Crippen LogP contribution in [0.15, 0.2) is 6.07 Å². The zero-order valence-corrected chi connectivity index (χ0v) is 12.8. The predicted octanol–water partition coefficient (Wildman–Crippen LogP) is 3.14. The number of hydrogen-bond donors (Lipinski definition) is 3. The van der Waals surface area contributed by atoms with Crippen LogP contribution in [-0.2, 0) is 0 Å². The fraction of sp³-hybridized carbons (Fsp3) is 0.667. The Morgan fingerprint density at radius 2 is 1.71 bits per heavy atom. The third-order valence-electron chi connectivity index (χ3n) is 4.29. The van der Waals surface area contributed by atoms with Gasteiger partial charge < -0.3 is 15.7 Å². The first-order chi connectivity index (χ1) is 9.75. The van der Waals surface area contributed by atoms with Crippen LogP contribution < -0.4 is 10.6 Å². The SMILES string of the molecule is CNc1nc(NCC2(O)CCC(C)(C)CC2)c(F)cc1F. The molecule has 0 radical (unpaired) electrons. The molecule has 0 aromatic carbocycles. The highest BCUT2D eigenvalue weighted by molar-refractivity contribution is 5.47. The second kappa shape index (κ2) is 5.75. The van der Waals surface area contributed by atoms with Gasteiger partial charge in [0.2, 0.25) is 0 Å². The van der Waals surface area contributed by atoms with Crippen molar-refractivity contribution in [1.29, 1.82) is 0 Å². The van der Waals surface area contributed by atoms with Crippen molar-refractivity contribution in [3.8, 4) is 0 Å². The Labute approximate surface area is 124 Å². The van der Waals surface area contributed by atoms with Crippen LogP contribution in [0.3, 0.4) is 0 Å². The van der Waals surface area contributed by atoms with Crippen LogP contribution in [0.25, 0.3) is 0 Å². The minimum atomic E-state index is -0.863. The first-order valence-corrected chi connectivity index (χ1v) is 7.25. The fourth-order valence-electron chi connectivity index (χ4n) is 2.58. The third kappa shape index (κ3) is 3.81. The van der Waals surface area contributed by atoms with E-state index < -0.39 is 17.2 Å². The molecule has 0 spiro atoms. The molecule has 1 aliphatic rings. The van der Waals surface area contributed by atoms with E-state index in [9.17, 15) is 13.9 Å². The summed E-state index contributed by atoms with van der Waals surface area (Å²) in [5, 5.41) is 15.9. The Hall–Kier alpha value is -1.43. The molecule has 4 nitrogen and oxygen atoms in total. The van der Waals surface area contributed by atoms with Gasteiger partial charge in [0.25, 0.3) is 0 Å². The number of aliphatic hydroxyl groups is 1. The summed E-state index contributed by atoms with van der Waals surface area (Å²) in [5.74, 6) is -1.56. The molecule has 0 aliphatic heterocycles. The van der Waals surface area contributed by atoms with Crippen LogP contribution in [-0.4, -0.2) is 29.3 Å². The van der Waals surface area contributed by atoms with Gasteiger partial charge in [-0.1, -0.05) is 13.8 Å². The van der Waals surface area contributed by atoms with Crippen molar-refractivity contribution in [2.75, 3.05) is 24.2 Å². The molecule has 0 saturated heterocycles. The Bertz CT molecular complexity index is 510. The average Bonchev–Trinajstić information content (AvgIpc) is 2.42. The van der Waals surface area contributed by atoms with Gasteiger partial charge in [0.15, 0.2) is 23.3 Å². The Morgan fingerprint density at radius 1 is 1.14 bits per heavy atom. The van der Waals surface area contributed by atoms with Gasteiger partial charge in [-0.3, -0.25) is 0 Å². The number of nitrogens with one attached hydrogen (secondary N) is 2. The van der Waals surface area contributed by atoms with Gasteiger partial charge in [-0.05, 0) is 31.1 Å². The van der Waals surface area contributed by atoms with Crippen LogP contribution in [0, 0.1) is 17.0 Å². The Morgan fingerprint density at radius 3 is 2.29 bits per heavy atom. The normalized spacial score (nSPS) is 20.1. The molecule has 2 rings (SSSR count). The quantitative estimate of drug-likeness (QED) is 0.799. The van der Waals surface area contributed by atoms with Crippen LogP contribution in [0.2, 0.25) is 0 Å². The van der Waals surface area contributed by atoms with Crippen molar-refractivity contribution in [1.82, 2.24) is 4.98 Å². The monoisotopic (exact) mass is 299 g/mol. The van der Waals surface area contributed by atoms with Gasteiger partial charge in [0.05, 0.1) is 5.60 Å². The van der Waals surface area contributed by atoms with E-state index >= 15 is 0 Å². The lowest BCUT2D eigenvalue weighted by molar-refractivity contribution is -0.0146. The molecule has 1 aromatic rings. The molecule has 0 bridgehead atoms. The molecule has 1 saturated carbocycles. The predicted molar refractivity (Wildman–Crippen MR) is 79.4 cm³/mol. The third-order valence-corrected chi connectivity index (χ3v) is 4.29. The Kier molecular flexibility index (Phi) is 4.37. The number of nitrogens with zero attached hydrogens (tertiary/aromatic N) is 1. The zero-order valence-electron chi connectivity index (χ0n) is 12.8. The molecule has 118 valence electrons. The van der Waals surface area contributed by atoms with Crippen LogP contribution in [0.5, 0.6) is 0 Å². The van der Waals surface area contributed by atoms with Gasteiger partial charge in [0.1, 0.15) is 0 Å². The summed E-state index contributed by atoms with van der Waals surface area (Å²) in [5.41, 5.74) is -0.622. The summed E-state index contributed by atoms with van der Waals surface area (Å²) in [7, 11) is 1.52. The molecule has 1 fully saturated rings. The van der Waals surface area contributed by atoms with Gasteiger partial charge in [0, 0.05) is 19.7 Å². The first kappa shape index (κ1) is 15.9. The smallest absolute Gasteiger partial charge is 0.168 e. The molecule has 0 unspecified atom stereocenters. The molecular weight excluding hydrogens is 276 g/mol. The van der Waals surface area contributed by atoms with E-state index in [4.69, 9.17) is 0 Å². The highest BCUT2D eigenvalue weighted by Crippen LogP contribution is 2.40. The molecule has 1 aromatic heterocycles. The number of aromatic nitrogens is 1. The standard InChI is InChI=1S/C15H23F2N3O/c1-14(2)4-6-15(21,7-5-14)9-19-13-11(17)8-10(16)12(18-3)20-13/h8,21H,4-7,9H2,1-3H3,(H2,18,19,20). The van der Waals surface area contributed by atoms with Gasteiger partial charge in [-0.15, -0.1) is 0 Å². The molecular formula is C15H23F2N3O. The number of hydrogen-bond acceptors (Lipinski definition) is 4. The second-order valence-electron chi connectivity index (χ2n) is 6.64. The lowest BCUT2D eigenvalue weighted by atomic mass is 9.71. The summed E-state index contributed by atoms with van der Waals surface area (Å²) in [4.78, 5) is 3.85. The summed E-state index contributed by atoms with van der Waals surface area (Å²) in [6.45, 7) is 4.57. The molecule has 0 amide bonds. The van der Waals surface area contributed by atoms with Crippen molar-refractivity contribution in [2.45, 2.75) is 45.1 Å². The summed E-state index contributed by atoms with van der Waals surface area (Å²) < 4.78 is 27.0. The van der Waals surface area contributed by atoms with Crippen molar-refractivity contribution in [3.63, 3.8) is 0 Å². The summed E-state index contributed by atoms with van der Waals surface area (Å²) >= 11 is 0. The molecule has 3 N–H and O–H groups in total. The Balaban J connectivity index is 2.03. The van der Waals surface area contributed by atoms with Crippen molar-refractivity contribution < 1.29 is 13.9 Å². The van der Waals surface area contributed by atoms with Gasteiger partial charge >= 0.3 is 0 Å². The maximum atomic E-state index is 13.7. The highest BCUT2D eigenvalue weighted by atomic mass is 19.1. The zero-order chi connectivity index (χ0) is 15.7. The average molecular weight is 299 g/mol. The lowest BCUT2D eigenvalue weighted by Gasteiger charge is -2.40. The maximum absolute atomic E-state index is 13.7. The van der Waals surface area contributed by atoms with E-state index in [0.29, 0.717) is 12.8 Å². The molecule has 6 heteroatoms. The topological polar surface area (TPSA) is 57.2 Å². The number of pyridine rings is 1. The van der Waals surface area contributed by atoms with E-state index in [-0.39, 0.29) is 23.6 Å². The minimum Gasteiger partial charge on any atom is -0.388 e. The fourth-order valence-corrected chi connectivity index (χ4v) is 2.58. The number of rotatable bonds is 4. The maximum Gasteiger partial charge on any atom is 0.168 e. The molecule has 1 heterocycles. The first-order valence-electron chi connectivity index (χ1n) is 7.25. The van der Waals surface area contributed by atoms with E-state index in [2.05, 4.69) is 29.5 Å². The van der Waals surface area contributed by atoms with Crippen molar-refractivity contribution >= 4 is 11.6 Å². The molecule has 0 atom stereocenters. The van der Waals surface area contributed by atoms with E-state index in [1.165, 1.54) is 7.05 Å². The summed E-state index contributed by atoms with van der Waals surface area (Å²) in [6.07, 6.45) is 3.17. The van der Waals surface area contributed by atoms with Crippen LogP contribution >= 0.6 is 0 Å². The number of halogens is 2. The van der Waals surface area contributed by atoms with Crippen LogP contribution in [0.1, 0.15) is 39.5 Å². The molecule has 21 heavy (non-hydrogen) atoms. The van der Waals surface area contributed by atoms with Crippen molar-refractivity contribution in [3.05, 3.63) is 17.7 Å². The second-order valence-corrected chi connectivity index (χ2v) is 6.64. The highest BCUT2D eigenvalue weighted by Gasteiger charge is 2.36. The van der Waals surface area contributed by atoms with Gasteiger partial charge in [-0.2, -0.15) is 0 Å². The minimum absolute atomic E-state index is 0.0179. The molecule has 1 aliphatic carbocycles.